The quantitative estimate of drug-likeness (QED) is 0.0733. The van der Waals surface area contributed by atoms with Crippen molar-refractivity contribution in [3.8, 4) is 40.0 Å². The first-order chi connectivity index (χ1) is 29.6. The maximum absolute atomic E-state index is 15.1. The maximum atomic E-state index is 15.1. The van der Waals surface area contributed by atoms with Crippen molar-refractivity contribution in [1.82, 2.24) is 4.57 Å². The van der Waals surface area contributed by atoms with E-state index in [2.05, 4.69) is 11.5 Å². The molecule has 3 aliphatic rings. The van der Waals surface area contributed by atoms with Gasteiger partial charge in [0.15, 0.2) is 36.1 Å². The average molecular weight is 834 g/mol. The number of hydrogen-bond donors (Lipinski definition) is 0. The molecule has 0 radical (unpaired) electrons. The molecular weight excluding hydrogens is 759 g/mol. The molecule has 0 amide bonds. The fraction of sp³-hybridized carbons (Fsp3) is 0.700. The standard InChI is InChI=1S/C50H75NO9/c1-4-5-6-7-8-9-10-11-12-13-14-15-16-17-18-22-31-51-40-36-39(53-2)37-43(59-45-27-20-24-33-56-45)47(40)49(52)50(60-46-28-21-25-34-57-46)48(51)38-29-30-41(42(35-38)54-3)58-44-26-19-23-32-55-44/h29-30,35-37,44-46H,4-28,31-34H2,1-3H3. The average Bonchev–Trinajstić information content (AvgIpc) is 3.28. The zero-order chi connectivity index (χ0) is 41.8. The first kappa shape index (κ1) is 46.0. The van der Waals surface area contributed by atoms with Gasteiger partial charge in [-0.25, -0.2) is 0 Å². The zero-order valence-electron chi connectivity index (χ0n) is 37.2. The van der Waals surface area contributed by atoms with Gasteiger partial charge in [0.25, 0.3) is 0 Å². The molecule has 6 rings (SSSR count). The molecule has 3 atom stereocenters. The van der Waals surface area contributed by atoms with Crippen molar-refractivity contribution < 1.29 is 37.9 Å². The molecule has 60 heavy (non-hydrogen) atoms. The lowest BCUT2D eigenvalue weighted by molar-refractivity contribution is -0.107. The minimum atomic E-state index is -0.538. The zero-order valence-corrected chi connectivity index (χ0v) is 37.2. The Balaban J connectivity index is 1.26. The van der Waals surface area contributed by atoms with Crippen molar-refractivity contribution >= 4 is 10.9 Å². The molecule has 2 aromatic carbocycles. The van der Waals surface area contributed by atoms with Gasteiger partial charge in [-0.3, -0.25) is 4.79 Å². The highest BCUT2D eigenvalue weighted by Crippen LogP contribution is 2.42. The smallest absolute Gasteiger partial charge is 0.235 e. The second kappa shape index (κ2) is 25.5. The van der Waals surface area contributed by atoms with Crippen LogP contribution in [-0.2, 0) is 20.8 Å². The fourth-order valence-corrected chi connectivity index (χ4v) is 8.88. The molecule has 10 nitrogen and oxygen atoms in total. The molecule has 0 saturated carbocycles. The third-order valence-electron chi connectivity index (χ3n) is 12.4. The van der Waals surface area contributed by atoms with Crippen LogP contribution < -0.4 is 29.1 Å². The van der Waals surface area contributed by atoms with Gasteiger partial charge < -0.3 is 42.5 Å². The van der Waals surface area contributed by atoms with E-state index in [4.69, 9.17) is 37.9 Å². The maximum Gasteiger partial charge on any atom is 0.235 e. The SMILES string of the molecule is CCCCCCCCCCCCCCCCCCn1c(-c2ccc(OC3CCCCO3)c(OC)c2)c(OC2CCCCO2)c(=O)c2c(OC3CCCCO3)cc(OC)cc21. The van der Waals surface area contributed by atoms with Gasteiger partial charge in [-0.15, -0.1) is 0 Å². The second-order valence-electron chi connectivity index (χ2n) is 17.1. The third-order valence-corrected chi connectivity index (χ3v) is 12.4. The summed E-state index contributed by atoms with van der Waals surface area (Å²) in [4.78, 5) is 15.1. The lowest BCUT2D eigenvalue weighted by Crippen LogP contribution is -2.29. The predicted octanol–water partition coefficient (Wildman–Crippen LogP) is 12.7. The van der Waals surface area contributed by atoms with E-state index in [0.29, 0.717) is 66.9 Å². The highest BCUT2D eigenvalue weighted by atomic mass is 16.7. The van der Waals surface area contributed by atoms with E-state index in [1.54, 1.807) is 14.2 Å². The molecule has 3 fully saturated rings. The van der Waals surface area contributed by atoms with E-state index in [9.17, 15) is 0 Å². The van der Waals surface area contributed by atoms with Gasteiger partial charge >= 0.3 is 0 Å². The van der Waals surface area contributed by atoms with Crippen LogP contribution in [0.15, 0.2) is 35.1 Å². The lowest BCUT2D eigenvalue weighted by Gasteiger charge is -2.28. The van der Waals surface area contributed by atoms with Gasteiger partial charge in [-0.05, 0) is 63.1 Å². The van der Waals surface area contributed by atoms with Crippen molar-refractivity contribution in [2.24, 2.45) is 0 Å². The number of methoxy groups -OCH3 is 2. The molecule has 3 aromatic rings. The molecule has 334 valence electrons. The summed E-state index contributed by atoms with van der Waals surface area (Å²) in [5, 5.41) is 0.456. The van der Waals surface area contributed by atoms with Crippen molar-refractivity contribution in [2.45, 2.75) is 193 Å². The van der Waals surface area contributed by atoms with Crippen molar-refractivity contribution in [2.75, 3.05) is 34.0 Å². The number of benzene rings is 2. The molecular formula is C50H75NO9. The highest BCUT2D eigenvalue weighted by Gasteiger charge is 2.29. The molecule has 4 heterocycles. The largest absolute Gasteiger partial charge is 0.497 e. The van der Waals surface area contributed by atoms with Gasteiger partial charge in [0.1, 0.15) is 11.5 Å². The lowest BCUT2D eigenvalue weighted by atomic mass is 10.0. The normalized spacial score (nSPS) is 19.6. The van der Waals surface area contributed by atoms with Gasteiger partial charge in [0.05, 0.1) is 50.6 Å². The van der Waals surface area contributed by atoms with Crippen LogP contribution in [0.4, 0.5) is 0 Å². The van der Waals surface area contributed by atoms with Gasteiger partial charge in [-0.2, -0.15) is 0 Å². The fourth-order valence-electron chi connectivity index (χ4n) is 8.88. The Bertz CT molecular complexity index is 1760. The number of unbranched alkanes of at least 4 members (excludes halogenated alkanes) is 15. The second-order valence-corrected chi connectivity index (χ2v) is 17.1. The summed E-state index contributed by atoms with van der Waals surface area (Å²) in [5.41, 5.74) is 1.94. The minimum Gasteiger partial charge on any atom is -0.497 e. The Morgan fingerprint density at radius 3 is 1.58 bits per heavy atom. The summed E-state index contributed by atoms with van der Waals surface area (Å²) in [6, 6.07) is 9.63. The summed E-state index contributed by atoms with van der Waals surface area (Å²) < 4.78 is 51.6. The summed E-state index contributed by atoms with van der Waals surface area (Å²) >= 11 is 0. The highest BCUT2D eigenvalue weighted by molar-refractivity contribution is 5.92. The van der Waals surface area contributed by atoms with Crippen molar-refractivity contribution in [3.05, 3.63) is 40.6 Å². The first-order valence-electron chi connectivity index (χ1n) is 23.9. The van der Waals surface area contributed by atoms with Crippen LogP contribution in [0.2, 0.25) is 0 Å². The van der Waals surface area contributed by atoms with Crippen molar-refractivity contribution in [1.29, 1.82) is 0 Å². The number of nitrogens with zero attached hydrogens (tertiary/aromatic N) is 1. The monoisotopic (exact) mass is 834 g/mol. The molecule has 3 saturated heterocycles. The predicted molar refractivity (Wildman–Crippen MR) is 239 cm³/mol. The number of pyridine rings is 1. The molecule has 1 aromatic heterocycles. The van der Waals surface area contributed by atoms with E-state index >= 15 is 4.79 Å². The van der Waals surface area contributed by atoms with E-state index < -0.39 is 12.6 Å². The van der Waals surface area contributed by atoms with Crippen LogP contribution in [0.25, 0.3) is 22.2 Å². The van der Waals surface area contributed by atoms with Crippen LogP contribution in [0.3, 0.4) is 0 Å². The Morgan fingerprint density at radius 1 is 0.567 bits per heavy atom. The Labute approximate surface area is 359 Å². The number of hydrogen-bond acceptors (Lipinski definition) is 9. The van der Waals surface area contributed by atoms with Gasteiger partial charge in [0.2, 0.25) is 5.43 Å². The molecule has 0 N–H and O–H groups in total. The van der Waals surface area contributed by atoms with E-state index in [-0.39, 0.29) is 17.5 Å². The number of aromatic nitrogens is 1. The molecule has 10 heteroatoms. The van der Waals surface area contributed by atoms with Crippen LogP contribution in [0, 0.1) is 0 Å². The summed E-state index contributed by atoms with van der Waals surface area (Å²) in [6.07, 6.45) is 27.8. The minimum absolute atomic E-state index is 0.247. The number of fused-ring (bicyclic) bond motifs is 1. The van der Waals surface area contributed by atoms with E-state index in [1.165, 1.54) is 89.9 Å². The number of ether oxygens (including phenoxy) is 8. The molecule has 0 aliphatic carbocycles. The van der Waals surface area contributed by atoms with Crippen LogP contribution in [0.1, 0.15) is 167 Å². The summed E-state index contributed by atoms with van der Waals surface area (Å²) in [5.74, 6) is 2.46. The Hall–Kier alpha value is -3.47. The Kier molecular flexibility index (Phi) is 19.5. The van der Waals surface area contributed by atoms with Crippen molar-refractivity contribution in [3.63, 3.8) is 0 Å². The number of rotatable bonds is 26. The van der Waals surface area contributed by atoms with Crippen LogP contribution >= 0.6 is 0 Å². The molecule has 3 unspecified atom stereocenters. The number of aryl methyl sites for hydroxylation is 1. The molecule has 0 spiro atoms. The molecule has 3 aliphatic heterocycles. The van der Waals surface area contributed by atoms with Crippen LogP contribution in [-0.4, -0.2) is 57.5 Å². The summed E-state index contributed by atoms with van der Waals surface area (Å²) in [6.45, 7) is 4.85. The van der Waals surface area contributed by atoms with Gasteiger partial charge in [0, 0.05) is 43.5 Å². The third kappa shape index (κ3) is 13.5. The summed E-state index contributed by atoms with van der Waals surface area (Å²) in [7, 11) is 3.30. The van der Waals surface area contributed by atoms with E-state index in [0.717, 1.165) is 75.3 Å². The van der Waals surface area contributed by atoms with Crippen LogP contribution in [0.5, 0.6) is 28.7 Å². The molecule has 0 bridgehead atoms. The van der Waals surface area contributed by atoms with Gasteiger partial charge in [-0.1, -0.05) is 103 Å². The Morgan fingerprint density at radius 2 is 1.08 bits per heavy atom. The topological polar surface area (TPSA) is 95.8 Å². The first-order valence-corrected chi connectivity index (χ1v) is 23.9. The van der Waals surface area contributed by atoms with E-state index in [1.807, 2.05) is 30.3 Å².